The predicted octanol–water partition coefficient (Wildman–Crippen LogP) is 4.71. The molecule has 0 saturated heterocycles. The second kappa shape index (κ2) is 5.96. The Bertz CT molecular complexity index is 635. The Hall–Kier alpha value is -1.35. The van der Waals surface area contributed by atoms with Crippen LogP contribution in [0.15, 0.2) is 28.9 Å². The van der Waals surface area contributed by atoms with E-state index in [0.717, 1.165) is 16.8 Å². The summed E-state index contributed by atoms with van der Waals surface area (Å²) in [5.74, 6) is 1.00. The number of benzene rings is 1. The Kier molecular flexibility index (Phi) is 4.48. The van der Waals surface area contributed by atoms with Crippen LogP contribution in [0.1, 0.15) is 27.8 Å². The molecule has 0 N–H and O–H groups in total. The van der Waals surface area contributed by atoms with Crippen LogP contribution < -0.4 is 4.90 Å². The van der Waals surface area contributed by atoms with E-state index in [2.05, 4.69) is 78.8 Å². The Balaban J connectivity index is 2.25. The van der Waals surface area contributed by atoms with Gasteiger partial charge in [-0.15, -0.1) is 0 Å². The van der Waals surface area contributed by atoms with E-state index >= 15 is 0 Å². The quantitative estimate of drug-likeness (QED) is 0.808. The van der Waals surface area contributed by atoms with Crippen molar-refractivity contribution in [2.24, 2.45) is 0 Å². The van der Waals surface area contributed by atoms with Crippen LogP contribution >= 0.6 is 15.9 Å². The van der Waals surface area contributed by atoms with Crippen LogP contribution in [0.3, 0.4) is 0 Å². The lowest BCUT2D eigenvalue weighted by Gasteiger charge is -2.21. The van der Waals surface area contributed by atoms with E-state index in [1.54, 1.807) is 0 Å². The summed E-state index contributed by atoms with van der Waals surface area (Å²) in [6, 6.07) is 6.66. The number of nitrogens with zero attached hydrogens (tertiary/aromatic N) is 2. The molecule has 0 saturated carbocycles. The molecule has 1 aromatic heterocycles. The molecule has 106 valence electrons. The highest BCUT2D eigenvalue weighted by molar-refractivity contribution is 9.10. The molecule has 20 heavy (non-hydrogen) atoms. The normalized spacial score (nSPS) is 10.7. The molecule has 2 rings (SSSR count). The molecule has 0 atom stereocenters. The standard InChI is InChI=1S/C17H21BrN2/c1-11-6-13(3)15(7-12(11)2)10-20(5)17-8-14(4)16(18)9-19-17/h6-9H,10H2,1-5H3. The number of hydrogen-bond donors (Lipinski definition) is 0. The summed E-state index contributed by atoms with van der Waals surface area (Å²) < 4.78 is 1.05. The van der Waals surface area contributed by atoms with Gasteiger partial charge in [-0.2, -0.15) is 0 Å². The third kappa shape index (κ3) is 3.21. The van der Waals surface area contributed by atoms with Crippen molar-refractivity contribution in [3.8, 4) is 0 Å². The zero-order chi connectivity index (χ0) is 14.9. The molecule has 0 spiro atoms. The average Bonchev–Trinajstić information content (AvgIpc) is 2.39. The number of hydrogen-bond acceptors (Lipinski definition) is 2. The van der Waals surface area contributed by atoms with Gasteiger partial charge in [-0.3, -0.25) is 0 Å². The SMILES string of the molecule is Cc1cc(C)c(CN(C)c2cc(C)c(Br)cn2)cc1C. The van der Waals surface area contributed by atoms with Gasteiger partial charge in [0.25, 0.3) is 0 Å². The Morgan fingerprint density at radius 1 is 0.950 bits per heavy atom. The largest absolute Gasteiger partial charge is 0.355 e. The molecule has 0 aliphatic heterocycles. The van der Waals surface area contributed by atoms with Gasteiger partial charge in [0.15, 0.2) is 0 Å². The second-order valence-electron chi connectivity index (χ2n) is 5.51. The van der Waals surface area contributed by atoms with Crippen molar-refractivity contribution in [2.45, 2.75) is 34.2 Å². The molecule has 2 aromatic rings. The van der Waals surface area contributed by atoms with Gasteiger partial charge in [-0.05, 0) is 77.5 Å². The number of anilines is 1. The number of aromatic nitrogens is 1. The molecule has 1 heterocycles. The maximum atomic E-state index is 4.48. The van der Waals surface area contributed by atoms with E-state index in [1.807, 2.05) is 6.20 Å². The van der Waals surface area contributed by atoms with Crippen molar-refractivity contribution >= 4 is 21.7 Å². The van der Waals surface area contributed by atoms with E-state index in [1.165, 1.54) is 27.8 Å². The first-order valence-corrected chi connectivity index (χ1v) is 7.58. The first-order chi connectivity index (χ1) is 9.38. The van der Waals surface area contributed by atoms with E-state index in [4.69, 9.17) is 0 Å². The van der Waals surface area contributed by atoms with E-state index in [9.17, 15) is 0 Å². The van der Waals surface area contributed by atoms with Gasteiger partial charge in [0.1, 0.15) is 5.82 Å². The van der Waals surface area contributed by atoms with Crippen LogP contribution in [0, 0.1) is 27.7 Å². The molecule has 0 fully saturated rings. The highest BCUT2D eigenvalue weighted by atomic mass is 79.9. The summed E-state index contributed by atoms with van der Waals surface area (Å²) in [5, 5.41) is 0. The Morgan fingerprint density at radius 3 is 2.25 bits per heavy atom. The fourth-order valence-electron chi connectivity index (χ4n) is 2.26. The maximum absolute atomic E-state index is 4.48. The topological polar surface area (TPSA) is 16.1 Å². The first kappa shape index (κ1) is 15.0. The molecule has 2 nitrogen and oxygen atoms in total. The summed E-state index contributed by atoms with van der Waals surface area (Å²) in [4.78, 5) is 6.67. The van der Waals surface area contributed by atoms with E-state index in [-0.39, 0.29) is 0 Å². The van der Waals surface area contributed by atoms with Crippen molar-refractivity contribution in [1.82, 2.24) is 4.98 Å². The fraction of sp³-hybridized carbons (Fsp3) is 0.353. The summed E-state index contributed by atoms with van der Waals surface area (Å²) in [6.07, 6.45) is 1.87. The zero-order valence-electron chi connectivity index (χ0n) is 12.8. The van der Waals surface area contributed by atoms with Crippen LogP contribution in [0.25, 0.3) is 0 Å². The average molecular weight is 333 g/mol. The van der Waals surface area contributed by atoms with Gasteiger partial charge in [-0.25, -0.2) is 4.98 Å². The summed E-state index contributed by atoms with van der Waals surface area (Å²) in [5.41, 5.74) is 6.61. The summed E-state index contributed by atoms with van der Waals surface area (Å²) in [7, 11) is 2.09. The molecule has 0 bridgehead atoms. The van der Waals surface area contributed by atoms with Crippen LogP contribution in [0.2, 0.25) is 0 Å². The minimum absolute atomic E-state index is 0.876. The second-order valence-corrected chi connectivity index (χ2v) is 6.37. The lowest BCUT2D eigenvalue weighted by molar-refractivity contribution is 0.886. The smallest absolute Gasteiger partial charge is 0.128 e. The highest BCUT2D eigenvalue weighted by Gasteiger charge is 2.08. The number of pyridine rings is 1. The molecule has 0 radical (unpaired) electrons. The lowest BCUT2D eigenvalue weighted by atomic mass is 10.0. The maximum Gasteiger partial charge on any atom is 0.128 e. The van der Waals surface area contributed by atoms with Crippen molar-refractivity contribution in [2.75, 3.05) is 11.9 Å². The summed E-state index contributed by atoms with van der Waals surface area (Å²) >= 11 is 3.49. The molecule has 0 amide bonds. The Labute approximate surface area is 130 Å². The third-order valence-electron chi connectivity index (χ3n) is 3.78. The minimum Gasteiger partial charge on any atom is -0.355 e. The van der Waals surface area contributed by atoms with Crippen LogP contribution in [-0.4, -0.2) is 12.0 Å². The predicted molar refractivity (Wildman–Crippen MR) is 89.4 cm³/mol. The number of rotatable bonds is 3. The molecular formula is C17H21BrN2. The number of halogens is 1. The van der Waals surface area contributed by atoms with Crippen molar-refractivity contribution in [3.05, 3.63) is 56.7 Å². The fourth-order valence-corrected chi connectivity index (χ4v) is 2.48. The van der Waals surface area contributed by atoms with Gasteiger partial charge in [0, 0.05) is 24.3 Å². The zero-order valence-corrected chi connectivity index (χ0v) is 14.4. The van der Waals surface area contributed by atoms with Crippen molar-refractivity contribution < 1.29 is 0 Å². The van der Waals surface area contributed by atoms with Crippen LogP contribution in [0.5, 0.6) is 0 Å². The van der Waals surface area contributed by atoms with Crippen molar-refractivity contribution in [1.29, 1.82) is 0 Å². The molecular weight excluding hydrogens is 312 g/mol. The van der Waals surface area contributed by atoms with E-state index in [0.29, 0.717) is 0 Å². The monoisotopic (exact) mass is 332 g/mol. The van der Waals surface area contributed by atoms with Gasteiger partial charge in [-0.1, -0.05) is 12.1 Å². The molecule has 1 aromatic carbocycles. The van der Waals surface area contributed by atoms with E-state index < -0.39 is 0 Å². The highest BCUT2D eigenvalue weighted by Crippen LogP contribution is 2.22. The molecule has 0 unspecified atom stereocenters. The molecule has 3 heteroatoms. The van der Waals surface area contributed by atoms with Gasteiger partial charge < -0.3 is 4.90 Å². The van der Waals surface area contributed by atoms with Gasteiger partial charge in [0.2, 0.25) is 0 Å². The summed E-state index contributed by atoms with van der Waals surface area (Å²) in [6.45, 7) is 9.47. The van der Waals surface area contributed by atoms with Gasteiger partial charge in [0.05, 0.1) is 0 Å². The van der Waals surface area contributed by atoms with Gasteiger partial charge >= 0.3 is 0 Å². The lowest BCUT2D eigenvalue weighted by Crippen LogP contribution is -2.18. The minimum atomic E-state index is 0.876. The van der Waals surface area contributed by atoms with Crippen molar-refractivity contribution in [3.63, 3.8) is 0 Å². The molecule has 0 aliphatic carbocycles. The van der Waals surface area contributed by atoms with Crippen LogP contribution in [0.4, 0.5) is 5.82 Å². The first-order valence-electron chi connectivity index (χ1n) is 6.78. The Morgan fingerprint density at radius 2 is 1.60 bits per heavy atom. The number of aryl methyl sites for hydroxylation is 4. The van der Waals surface area contributed by atoms with Crippen LogP contribution in [-0.2, 0) is 6.54 Å². The third-order valence-corrected chi connectivity index (χ3v) is 4.61. The molecule has 0 aliphatic rings.